The van der Waals surface area contributed by atoms with Crippen LogP contribution in [0.4, 0.5) is 5.69 Å². The molecule has 0 unspecified atom stereocenters. The van der Waals surface area contributed by atoms with E-state index >= 15 is 0 Å². The number of benzene rings is 3. The van der Waals surface area contributed by atoms with Crippen LogP contribution in [0.2, 0.25) is 0 Å². The summed E-state index contributed by atoms with van der Waals surface area (Å²) in [6, 6.07) is 18.1. The second-order valence-corrected chi connectivity index (χ2v) is 7.91. The third-order valence-corrected chi connectivity index (χ3v) is 5.15. The van der Waals surface area contributed by atoms with E-state index in [1.807, 2.05) is 37.3 Å². The van der Waals surface area contributed by atoms with Crippen molar-refractivity contribution < 1.29 is 19.2 Å². The first-order valence-electron chi connectivity index (χ1n) is 9.41. The summed E-state index contributed by atoms with van der Waals surface area (Å²) in [5, 5.41) is 14.8. The number of nitro groups is 1. The number of oxime groups is 1. The molecular weight excluding hydrogens is 511 g/mol. The Hall–Kier alpha value is -3.14. The molecule has 0 radical (unpaired) electrons. The zero-order chi connectivity index (χ0) is 22.2. The lowest BCUT2D eigenvalue weighted by Gasteiger charge is -2.14. The van der Waals surface area contributed by atoms with Gasteiger partial charge in [-0.15, -0.1) is 0 Å². The van der Waals surface area contributed by atoms with Crippen molar-refractivity contribution in [2.75, 3.05) is 7.11 Å². The largest absolute Gasteiger partial charge is 0.493 e. The molecule has 31 heavy (non-hydrogen) atoms. The first-order valence-corrected chi connectivity index (χ1v) is 10.5. The van der Waals surface area contributed by atoms with E-state index in [2.05, 4.69) is 33.8 Å². The maximum atomic E-state index is 10.8. The molecule has 3 rings (SSSR count). The molecule has 0 bridgehead atoms. The van der Waals surface area contributed by atoms with E-state index < -0.39 is 4.92 Å². The molecule has 0 aliphatic carbocycles. The summed E-state index contributed by atoms with van der Waals surface area (Å²) in [6.07, 6.45) is 1.56. The lowest BCUT2D eigenvalue weighted by atomic mass is 10.1. The highest BCUT2D eigenvalue weighted by atomic mass is 127. The summed E-state index contributed by atoms with van der Waals surface area (Å²) in [5.41, 5.74) is 3.73. The fourth-order valence-corrected chi connectivity index (χ4v) is 3.66. The Bertz CT molecular complexity index is 1100. The minimum Gasteiger partial charge on any atom is -0.493 e. The fraction of sp³-hybridized carbons (Fsp3) is 0.174. The minimum atomic E-state index is -0.441. The van der Waals surface area contributed by atoms with E-state index in [-0.39, 0.29) is 12.3 Å². The van der Waals surface area contributed by atoms with Gasteiger partial charge in [-0.25, -0.2) is 0 Å². The standard InChI is InChI=1S/C23H21IN2O5/c1-16-5-3-6-17(9-16)14-30-23-21(24)11-19(12-22(23)29-2)13-25-31-15-18-7-4-8-20(10-18)26(27)28/h3-13H,14-15H2,1-2H3/b25-13-. The summed E-state index contributed by atoms with van der Waals surface area (Å²) >= 11 is 2.19. The van der Waals surface area contributed by atoms with Gasteiger partial charge in [0.25, 0.3) is 5.69 Å². The molecule has 7 nitrogen and oxygen atoms in total. The van der Waals surface area contributed by atoms with Crippen molar-refractivity contribution in [1.82, 2.24) is 0 Å². The number of methoxy groups -OCH3 is 1. The van der Waals surface area contributed by atoms with Crippen molar-refractivity contribution in [3.05, 3.63) is 96.6 Å². The lowest BCUT2D eigenvalue weighted by molar-refractivity contribution is -0.384. The first-order chi connectivity index (χ1) is 15.0. The molecule has 0 heterocycles. The molecule has 0 atom stereocenters. The quantitative estimate of drug-likeness (QED) is 0.154. The monoisotopic (exact) mass is 532 g/mol. The van der Waals surface area contributed by atoms with Gasteiger partial charge < -0.3 is 14.3 Å². The van der Waals surface area contributed by atoms with Crippen molar-refractivity contribution in [2.24, 2.45) is 5.16 Å². The van der Waals surface area contributed by atoms with Gasteiger partial charge in [-0.05, 0) is 52.8 Å². The van der Waals surface area contributed by atoms with Crippen LogP contribution in [0.25, 0.3) is 0 Å². The number of nitro benzene ring substituents is 1. The van der Waals surface area contributed by atoms with E-state index in [1.54, 1.807) is 25.5 Å². The van der Waals surface area contributed by atoms with Crippen LogP contribution < -0.4 is 9.47 Å². The summed E-state index contributed by atoms with van der Waals surface area (Å²) in [7, 11) is 1.59. The minimum absolute atomic E-state index is 0.0191. The van der Waals surface area contributed by atoms with Gasteiger partial charge in [-0.2, -0.15) is 0 Å². The van der Waals surface area contributed by atoms with E-state index in [4.69, 9.17) is 14.3 Å². The van der Waals surface area contributed by atoms with Gasteiger partial charge in [0.1, 0.15) is 13.2 Å². The number of ether oxygens (including phenoxy) is 2. The van der Waals surface area contributed by atoms with Crippen LogP contribution >= 0.6 is 22.6 Å². The molecule has 0 saturated carbocycles. The molecule has 160 valence electrons. The van der Waals surface area contributed by atoms with E-state index in [0.29, 0.717) is 23.7 Å². The number of hydrogen-bond donors (Lipinski definition) is 0. The van der Waals surface area contributed by atoms with Crippen LogP contribution in [0.15, 0.2) is 65.8 Å². The predicted molar refractivity (Wildman–Crippen MR) is 127 cm³/mol. The SMILES string of the molecule is COc1cc(/C=N\OCc2cccc([N+](=O)[O-])c2)cc(I)c1OCc1cccc(C)c1. The summed E-state index contributed by atoms with van der Waals surface area (Å²) in [6.45, 7) is 2.61. The summed E-state index contributed by atoms with van der Waals surface area (Å²) in [4.78, 5) is 15.7. The van der Waals surface area contributed by atoms with Gasteiger partial charge in [0, 0.05) is 17.7 Å². The van der Waals surface area contributed by atoms with Gasteiger partial charge >= 0.3 is 0 Å². The Balaban J connectivity index is 1.65. The van der Waals surface area contributed by atoms with Gasteiger partial charge in [0.15, 0.2) is 11.5 Å². The molecule has 0 aliphatic heterocycles. The van der Waals surface area contributed by atoms with Crippen LogP contribution in [0.3, 0.4) is 0 Å². The molecule has 0 amide bonds. The number of rotatable bonds is 9. The fourth-order valence-electron chi connectivity index (χ4n) is 2.88. The second kappa shape index (κ2) is 10.8. The zero-order valence-electron chi connectivity index (χ0n) is 17.1. The highest BCUT2D eigenvalue weighted by Crippen LogP contribution is 2.34. The molecular formula is C23H21IN2O5. The molecule has 3 aromatic carbocycles. The van der Waals surface area contributed by atoms with E-state index in [0.717, 1.165) is 14.7 Å². The highest BCUT2D eigenvalue weighted by molar-refractivity contribution is 14.1. The van der Waals surface area contributed by atoms with Crippen LogP contribution in [-0.4, -0.2) is 18.2 Å². The topological polar surface area (TPSA) is 83.2 Å². The Labute approximate surface area is 193 Å². The third-order valence-electron chi connectivity index (χ3n) is 4.35. The summed E-state index contributed by atoms with van der Waals surface area (Å²) in [5.74, 6) is 1.26. The van der Waals surface area contributed by atoms with Crippen LogP contribution in [-0.2, 0) is 18.1 Å². The molecule has 0 saturated heterocycles. The first kappa shape index (κ1) is 22.5. The average molecular weight is 532 g/mol. The Morgan fingerprint density at radius 1 is 1.06 bits per heavy atom. The van der Waals surface area contributed by atoms with Gasteiger partial charge in [-0.3, -0.25) is 10.1 Å². The average Bonchev–Trinajstić information content (AvgIpc) is 2.76. The molecule has 0 spiro atoms. The van der Waals surface area contributed by atoms with Crippen molar-refractivity contribution >= 4 is 34.5 Å². The van der Waals surface area contributed by atoms with Gasteiger partial charge in [0.2, 0.25) is 0 Å². The lowest BCUT2D eigenvalue weighted by Crippen LogP contribution is -2.01. The van der Waals surface area contributed by atoms with Crippen molar-refractivity contribution in [3.8, 4) is 11.5 Å². The van der Waals surface area contributed by atoms with Gasteiger partial charge in [-0.1, -0.05) is 47.1 Å². The smallest absolute Gasteiger partial charge is 0.269 e. The normalized spacial score (nSPS) is 10.8. The van der Waals surface area contributed by atoms with Crippen molar-refractivity contribution in [3.63, 3.8) is 0 Å². The molecule has 0 N–H and O–H groups in total. The number of aryl methyl sites for hydroxylation is 1. The predicted octanol–water partition coefficient (Wildman–Crippen LogP) is 5.65. The molecule has 8 heteroatoms. The Kier molecular flexibility index (Phi) is 7.82. The van der Waals surface area contributed by atoms with Crippen LogP contribution in [0.1, 0.15) is 22.3 Å². The van der Waals surface area contributed by atoms with Crippen molar-refractivity contribution in [2.45, 2.75) is 20.1 Å². The number of non-ortho nitro benzene ring substituents is 1. The van der Waals surface area contributed by atoms with Crippen LogP contribution in [0, 0.1) is 20.6 Å². The third kappa shape index (κ3) is 6.42. The van der Waals surface area contributed by atoms with Crippen molar-refractivity contribution in [1.29, 1.82) is 0 Å². The maximum absolute atomic E-state index is 10.8. The molecule has 3 aromatic rings. The second-order valence-electron chi connectivity index (χ2n) is 6.75. The number of nitrogens with zero attached hydrogens (tertiary/aromatic N) is 2. The zero-order valence-corrected chi connectivity index (χ0v) is 19.2. The molecule has 0 fully saturated rings. The summed E-state index contributed by atoms with van der Waals surface area (Å²) < 4.78 is 12.4. The van der Waals surface area contributed by atoms with Gasteiger partial charge in [0.05, 0.1) is 21.8 Å². The van der Waals surface area contributed by atoms with E-state index in [1.165, 1.54) is 17.7 Å². The highest BCUT2D eigenvalue weighted by Gasteiger charge is 2.12. The molecule has 0 aromatic heterocycles. The number of halogens is 1. The number of hydrogen-bond acceptors (Lipinski definition) is 6. The maximum Gasteiger partial charge on any atom is 0.269 e. The Morgan fingerprint density at radius 2 is 1.81 bits per heavy atom. The molecule has 0 aliphatic rings. The van der Waals surface area contributed by atoms with E-state index in [9.17, 15) is 10.1 Å². The Morgan fingerprint density at radius 3 is 2.52 bits per heavy atom. The van der Waals surface area contributed by atoms with Crippen LogP contribution in [0.5, 0.6) is 11.5 Å².